The van der Waals surface area contributed by atoms with Crippen LogP contribution in [0.5, 0.6) is 5.75 Å². The molecule has 1 rings (SSSR count). The lowest BCUT2D eigenvalue weighted by atomic mass is 10.1. The Morgan fingerprint density at radius 2 is 2.08 bits per heavy atom. The van der Waals surface area contributed by atoms with E-state index in [2.05, 4.69) is 10.6 Å². The van der Waals surface area contributed by atoms with Crippen LogP contribution in [-0.2, 0) is 11.3 Å². The van der Waals surface area contributed by atoms with Gasteiger partial charge in [0, 0.05) is 19.2 Å². The molecular formula is C15H22N4O5. The Morgan fingerprint density at radius 3 is 2.62 bits per heavy atom. The van der Waals surface area contributed by atoms with Crippen LogP contribution < -0.4 is 15.4 Å². The number of nitrogens with zero attached hydrogens (tertiary/aromatic N) is 2. The number of carbonyl (C=O) groups excluding carboxylic acids is 2. The van der Waals surface area contributed by atoms with Gasteiger partial charge in [-0.3, -0.25) is 25.1 Å². The maximum Gasteiger partial charge on any atom is 0.321 e. The molecule has 0 aliphatic rings. The highest BCUT2D eigenvalue weighted by atomic mass is 16.6. The van der Waals surface area contributed by atoms with Gasteiger partial charge >= 0.3 is 11.7 Å². The Hall–Kier alpha value is -2.68. The number of ether oxygens (including phenoxy) is 1. The van der Waals surface area contributed by atoms with E-state index in [0.717, 1.165) is 0 Å². The van der Waals surface area contributed by atoms with Crippen molar-refractivity contribution in [3.8, 4) is 5.75 Å². The summed E-state index contributed by atoms with van der Waals surface area (Å²) >= 11 is 0. The van der Waals surface area contributed by atoms with E-state index < -0.39 is 22.9 Å². The fraction of sp³-hybridized carbons (Fsp3) is 0.467. The molecule has 0 radical (unpaired) electrons. The topological polar surface area (TPSA) is 114 Å². The third-order valence-corrected chi connectivity index (χ3v) is 3.49. The monoisotopic (exact) mass is 338 g/mol. The third-order valence-electron chi connectivity index (χ3n) is 3.49. The summed E-state index contributed by atoms with van der Waals surface area (Å²) in [5, 5.41) is 15.8. The number of hydrogen-bond acceptors (Lipinski definition) is 6. The molecule has 0 bridgehead atoms. The second-order valence-electron chi connectivity index (χ2n) is 5.20. The van der Waals surface area contributed by atoms with E-state index in [1.165, 1.54) is 19.2 Å². The Labute approximate surface area is 140 Å². The lowest BCUT2D eigenvalue weighted by Crippen LogP contribution is -2.48. The van der Waals surface area contributed by atoms with Crippen LogP contribution in [0.2, 0.25) is 0 Å². The molecule has 0 heterocycles. The molecule has 0 fully saturated rings. The Morgan fingerprint density at radius 1 is 1.42 bits per heavy atom. The number of imide groups is 1. The maximum absolute atomic E-state index is 12.0. The van der Waals surface area contributed by atoms with Crippen molar-refractivity contribution in [3.05, 3.63) is 33.9 Å². The van der Waals surface area contributed by atoms with Crippen LogP contribution in [0.25, 0.3) is 0 Å². The number of methoxy groups -OCH3 is 1. The first-order valence-corrected chi connectivity index (χ1v) is 7.40. The molecular weight excluding hydrogens is 316 g/mol. The van der Waals surface area contributed by atoms with Gasteiger partial charge in [0.1, 0.15) is 0 Å². The van der Waals surface area contributed by atoms with E-state index in [1.54, 1.807) is 31.9 Å². The van der Waals surface area contributed by atoms with Gasteiger partial charge in [-0.2, -0.15) is 0 Å². The first-order chi connectivity index (χ1) is 11.3. The summed E-state index contributed by atoms with van der Waals surface area (Å²) in [7, 11) is 3.06. The van der Waals surface area contributed by atoms with Gasteiger partial charge in [0.05, 0.1) is 18.1 Å². The van der Waals surface area contributed by atoms with Crippen molar-refractivity contribution in [2.24, 2.45) is 0 Å². The van der Waals surface area contributed by atoms with E-state index in [0.29, 0.717) is 18.7 Å². The van der Waals surface area contributed by atoms with Gasteiger partial charge in [0.2, 0.25) is 5.91 Å². The summed E-state index contributed by atoms with van der Waals surface area (Å²) in [6, 6.07) is 3.47. The number of rotatable bonds is 7. The number of nitrogens with one attached hydrogen (secondary N) is 2. The number of likely N-dealkylation sites (N-methyl/N-ethyl adjacent to an activating group) is 1. The fourth-order valence-corrected chi connectivity index (χ4v) is 2.02. The highest BCUT2D eigenvalue weighted by molar-refractivity contribution is 5.96. The molecule has 1 unspecified atom stereocenters. The molecule has 1 aromatic rings. The predicted octanol–water partition coefficient (Wildman–Crippen LogP) is 1.27. The van der Waals surface area contributed by atoms with Crippen molar-refractivity contribution in [2.75, 3.05) is 20.7 Å². The number of nitro groups is 1. The second-order valence-corrected chi connectivity index (χ2v) is 5.20. The van der Waals surface area contributed by atoms with Crippen molar-refractivity contribution in [3.63, 3.8) is 0 Å². The molecule has 0 aliphatic heterocycles. The molecule has 3 amide bonds. The number of nitro benzene ring substituents is 1. The van der Waals surface area contributed by atoms with Gasteiger partial charge in [-0.25, -0.2) is 4.79 Å². The Bertz CT molecular complexity index is 620. The summed E-state index contributed by atoms with van der Waals surface area (Å²) in [4.78, 5) is 35.6. The summed E-state index contributed by atoms with van der Waals surface area (Å²) < 4.78 is 4.96. The fourth-order valence-electron chi connectivity index (χ4n) is 2.02. The number of urea groups is 1. The zero-order chi connectivity index (χ0) is 18.3. The molecule has 0 saturated carbocycles. The molecule has 2 N–H and O–H groups in total. The van der Waals surface area contributed by atoms with Crippen LogP contribution in [0.3, 0.4) is 0 Å². The Balaban J connectivity index is 2.78. The number of carbonyl (C=O) groups is 2. The van der Waals surface area contributed by atoms with Crippen LogP contribution in [0.15, 0.2) is 18.2 Å². The molecule has 1 aromatic carbocycles. The smallest absolute Gasteiger partial charge is 0.321 e. The van der Waals surface area contributed by atoms with Crippen LogP contribution in [0.1, 0.15) is 19.4 Å². The molecule has 9 nitrogen and oxygen atoms in total. The van der Waals surface area contributed by atoms with Crippen molar-refractivity contribution < 1.29 is 19.2 Å². The molecule has 0 spiro atoms. The van der Waals surface area contributed by atoms with Crippen molar-refractivity contribution >= 4 is 17.6 Å². The number of hydrogen-bond donors (Lipinski definition) is 2. The van der Waals surface area contributed by atoms with Gasteiger partial charge in [-0.15, -0.1) is 0 Å². The zero-order valence-corrected chi connectivity index (χ0v) is 14.2. The molecule has 9 heteroatoms. The average Bonchev–Trinajstić information content (AvgIpc) is 2.53. The maximum atomic E-state index is 12.0. The van der Waals surface area contributed by atoms with Crippen LogP contribution in [-0.4, -0.2) is 48.5 Å². The quantitative estimate of drug-likeness (QED) is 0.572. The van der Waals surface area contributed by atoms with E-state index in [1.807, 2.05) is 0 Å². The summed E-state index contributed by atoms with van der Waals surface area (Å²) in [6.07, 6.45) is 0. The van der Waals surface area contributed by atoms with Gasteiger partial charge < -0.3 is 10.1 Å². The van der Waals surface area contributed by atoms with Crippen LogP contribution in [0, 0.1) is 10.1 Å². The molecule has 0 aromatic heterocycles. The zero-order valence-electron chi connectivity index (χ0n) is 14.2. The molecule has 0 saturated heterocycles. The predicted molar refractivity (Wildman–Crippen MR) is 87.8 cm³/mol. The molecule has 24 heavy (non-hydrogen) atoms. The SMILES string of the molecule is CCNC(=O)NC(=O)C(C)N(C)Cc1ccc(OC)c([N+](=O)[O-])c1. The third kappa shape index (κ3) is 5.20. The van der Waals surface area contributed by atoms with E-state index in [9.17, 15) is 19.7 Å². The standard InChI is InChI=1S/C15H22N4O5/c1-5-16-15(21)17-14(20)10(2)18(3)9-11-6-7-13(24-4)12(8-11)19(22)23/h6-8,10H,5,9H2,1-4H3,(H2,16,17,20,21). The molecule has 132 valence electrons. The number of benzene rings is 1. The highest BCUT2D eigenvalue weighted by Gasteiger charge is 2.21. The van der Waals surface area contributed by atoms with Crippen LogP contribution in [0.4, 0.5) is 10.5 Å². The van der Waals surface area contributed by atoms with Gasteiger partial charge in [-0.1, -0.05) is 6.07 Å². The largest absolute Gasteiger partial charge is 0.490 e. The van der Waals surface area contributed by atoms with Crippen molar-refractivity contribution in [1.29, 1.82) is 0 Å². The van der Waals surface area contributed by atoms with E-state index >= 15 is 0 Å². The lowest BCUT2D eigenvalue weighted by Gasteiger charge is -2.23. The number of amides is 3. The highest BCUT2D eigenvalue weighted by Crippen LogP contribution is 2.28. The van der Waals surface area contributed by atoms with Crippen molar-refractivity contribution in [2.45, 2.75) is 26.4 Å². The summed E-state index contributed by atoms with van der Waals surface area (Å²) in [5.41, 5.74) is 0.519. The minimum absolute atomic E-state index is 0.136. The van der Waals surface area contributed by atoms with Gasteiger partial charge in [0.25, 0.3) is 0 Å². The average molecular weight is 338 g/mol. The first kappa shape index (κ1) is 19.4. The first-order valence-electron chi connectivity index (χ1n) is 7.40. The van der Waals surface area contributed by atoms with Gasteiger partial charge in [0.15, 0.2) is 5.75 Å². The minimum atomic E-state index is -0.589. The molecule has 1 atom stereocenters. The Kier molecular flexibility index (Phi) is 7.12. The summed E-state index contributed by atoms with van der Waals surface area (Å²) in [6.45, 7) is 4.11. The minimum Gasteiger partial charge on any atom is -0.490 e. The van der Waals surface area contributed by atoms with Gasteiger partial charge in [-0.05, 0) is 32.5 Å². The van der Waals surface area contributed by atoms with E-state index in [4.69, 9.17) is 4.74 Å². The lowest BCUT2D eigenvalue weighted by molar-refractivity contribution is -0.385. The van der Waals surface area contributed by atoms with Crippen LogP contribution >= 0.6 is 0 Å². The normalized spacial score (nSPS) is 11.7. The summed E-state index contributed by atoms with van der Waals surface area (Å²) in [5.74, 6) is -0.278. The van der Waals surface area contributed by atoms with Crippen molar-refractivity contribution in [1.82, 2.24) is 15.5 Å². The second kappa shape index (κ2) is 8.82. The van der Waals surface area contributed by atoms with E-state index in [-0.39, 0.29) is 11.4 Å². The molecule has 0 aliphatic carbocycles.